The molecule has 0 aliphatic carbocycles. The number of aliphatic imine (C=N–C) groups is 1. The van der Waals surface area contributed by atoms with Gasteiger partial charge in [0, 0.05) is 20.0 Å². The Morgan fingerprint density at radius 1 is 1.35 bits per heavy atom. The standard InChI is InChI=1S/C17H26N6O2.HI/c1-3-18-17(20-12-16-21-13(2)25-22-16)19-11-14(15-7-6-10-24-15)23-8-4-5-9-23;/h6-7,10,14H,3-5,8-9,11-12H2,1-2H3,(H2,18,19,20);1H. The van der Waals surface area contributed by atoms with Crippen LogP contribution in [0.1, 0.15) is 43.3 Å². The lowest BCUT2D eigenvalue weighted by Gasteiger charge is -2.26. The first-order valence-electron chi connectivity index (χ1n) is 8.85. The summed E-state index contributed by atoms with van der Waals surface area (Å²) in [4.78, 5) is 11.2. The van der Waals surface area contributed by atoms with Crippen LogP contribution in [0.25, 0.3) is 0 Å². The fourth-order valence-corrected chi connectivity index (χ4v) is 3.03. The summed E-state index contributed by atoms with van der Waals surface area (Å²) in [6.45, 7) is 7.90. The van der Waals surface area contributed by atoms with Gasteiger partial charge in [-0.3, -0.25) is 4.90 Å². The van der Waals surface area contributed by atoms with Gasteiger partial charge in [-0.25, -0.2) is 4.99 Å². The maximum Gasteiger partial charge on any atom is 0.223 e. The molecule has 8 nitrogen and oxygen atoms in total. The van der Waals surface area contributed by atoms with Crippen LogP contribution in [0.5, 0.6) is 0 Å². The van der Waals surface area contributed by atoms with E-state index in [4.69, 9.17) is 8.94 Å². The second-order valence-corrected chi connectivity index (χ2v) is 6.08. The van der Waals surface area contributed by atoms with E-state index in [-0.39, 0.29) is 30.0 Å². The second-order valence-electron chi connectivity index (χ2n) is 6.08. The van der Waals surface area contributed by atoms with Gasteiger partial charge in [0.2, 0.25) is 5.89 Å². The van der Waals surface area contributed by atoms with Crippen molar-refractivity contribution in [2.75, 3.05) is 26.2 Å². The highest BCUT2D eigenvalue weighted by Gasteiger charge is 2.25. The molecule has 1 saturated heterocycles. The van der Waals surface area contributed by atoms with Crippen molar-refractivity contribution < 1.29 is 8.94 Å². The first-order chi connectivity index (χ1) is 12.3. The molecule has 0 spiro atoms. The molecule has 1 aliphatic rings. The van der Waals surface area contributed by atoms with Gasteiger partial charge >= 0.3 is 0 Å². The molecule has 1 aliphatic heterocycles. The number of rotatable bonds is 7. The third-order valence-electron chi connectivity index (χ3n) is 4.21. The van der Waals surface area contributed by atoms with E-state index >= 15 is 0 Å². The summed E-state index contributed by atoms with van der Waals surface area (Å²) in [7, 11) is 0. The third-order valence-corrected chi connectivity index (χ3v) is 4.21. The van der Waals surface area contributed by atoms with Gasteiger partial charge < -0.3 is 19.6 Å². The number of aryl methyl sites for hydroxylation is 1. The van der Waals surface area contributed by atoms with Gasteiger partial charge in [0.1, 0.15) is 12.3 Å². The number of halogens is 1. The van der Waals surface area contributed by atoms with E-state index in [1.54, 1.807) is 13.2 Å². The maximum atomic E-state index is 5.66. The minimum atomic E-state index is 0. The van der Waals surface area contributed by atoms with Crippen molar-refractivity contribution in [3.63, 3.8) is 0 Å². The summed E-state index contributed by atoms with van der Waals surface area (Å²) >= 11 is 0. The number of guanidine groups is 1. The highest BCUT2D eigenvalue weighted by atomic mass is 127. The summed E-state index contributed by atoms with van der Waals surface area (Å²) in [6, 6.07) is 4.18. The normalized spacial score (nSPS) is 16.3. The number of aromatic nitrogens is 2. The average Bonchev–Trinajstić information content (AvgIpc) is 3.36. The summed E-state index contributed by atoms with van der Waals surface area (Å²) in [6.07, 6.45) is 4.21. The van der Waals surface area contributed by atoms with E-state index < -0.39 is 0 Å². The fourth-order valence-electron chi connectivity index (χ4n) is 3.03. The Hall–Kier alpha value is -1.62. The molecular formula is C17H27IN6O2. The highest BCUT2D eigenvalue weighted by molar-refractivity contribution is 14.0. The van der Waals surface area contributed by atoms with Crippen molar-refractivity contribution in [2.45, 2.75) is 39.3 Å². The first-order valence-corrected chi connectivity index (χ1v) is 8.85. The van der Waals surface area contributed by atoms with Crippen molar-refractivity contribution in [1.82, 2.24) is 25.7 Å². The van der Waals surface area contributed by atoms with Crippen LogP contribution in [0.15, 0.2) is 32.3 Å². The Labute approximate surface area is 170 Å². The van der Waals surface area contributed by atoms with Crippen LogP contribution in [0.2, 0.25) is 0 Å². The first kappa shape index (κ1) is 20.7. The van der Waals surface area contributed by atoms with Gasteiger partial charge in [0.15, 0.2) is 11.8 Å². The summed E-state index contributed by atoms with van der Waals surface area (Å²) in [5.74, 6) is 2.85. The van der Waals surface area contributed by atoms with Crippen LogP contribution in [0.4, 0.5) is 0 Å². The van der Waals surface area contributed by atoms with Crippen LogP contribution < -0.4 is 10.6 Å². The molecule has 3 heterocycles. The molecule has 2 aromatic heterocycles. The molecule has 2 N–H and O–H groups in total. The van der Waals surface area contributed by atoms with Gasteiger partial charge in [-0.05, 0) is 45.0 Å². The lowest BCUT2D eigenvalue weighted by molar-refractivity contribution is 0.215. The van der Waals surface area contributed by atoms with Gasteiger partial charge in [0.05, 0.1) is 12.3 Å². The topological polar surface area (TPSA) is 91.7 Å². The van der Waals surface area contributed by atoms with Crippen molar-refractivity contribution in [2.24, 2.45) is 4.99 Å². The number of hydrogen-bond donors (Lipinski definition) is 2. The zero-order valence-corrected chi connectivity index (χ0v) is 17.6. The van der Waals surface area contributed by atoms with Crippen LogP contribution in [-0.2, 0) is 6.54 Å². The molecule has 0 amide bonds. The lowest BCUT2D eigenvalue weighted by atomic mass is 10.2. The monoisotopic (exact) mass is 474 g/mol. The quantitative estimate of drug-likeness (QED) is 0.362. The predicted octanol–water partition coefficient (Wildman–Crippen LogP) is 2.48. The molecular weight excluding hydrogens is 447 g/mol. The lowest BCUT2D eigenvalue weighted by Crippen LogP contribution is -2.42. The van der Waals surface area contributed by atoms with Crippen LogP contribution in [0, 0.1) is 6.92 Å². The molecule has 0 aromatic carbocycles. The Bertz CT molecular complexity index is 667. The number of furan rings is 1. The number of hydrogen-bond acceptors (Lipinski definition) is 6. The van der Waals surface area contributed by atoms with Crippen molar-refractivity contribution in [3.05, 3.63) is 35.9 Å². The van der Waals surface area contributed by atoms with Crippen LogP contribution in [0.3, 0.4) is 0 Å². The average molecular weight is 474 g/mol. The Balaban J connectivity index is 0.00000243. The van der Waals surface area contributed by atoms with Crippen LogP contribution in [-0.4, -0.2) is 47.2 Å². The molecule has 1 atom stereocenters. The zero-order chi connectivity index (χ0) is 17.5. The second kappa shape index (κ2) is 10.5. The summed E-state index contributed by atoms with van der Waals surface area (Å²) in [5, 5.41) is 10.5. The molecule has 2 aromatic rings. The van der Waals surface area contributed by atoms with Gasteiger partial charge in [-0.15, -0.1) is 24.0 Å². The van der Waals surface area contributed by atoms with Crippen molar-refractivity contribution in [1.29, 1.82) is 0 Å². The summed E-state index contributed by atoms with van der Waals surface area (Å²) < 4.78 is 10.6. The van der Waals surface area contributed by atoms with E-state index in [1.165, 1.54) is 12.8 Å². The summed E-state index contributed by atoms with van der Waals surface area (Å²) in [5.41, 5.74) is 0. The van der Waals surface area contributed by atoms with Gasteiger partial charge in [-0.1, -0.05) is 5.16 Å². The Morgan fingerprint density at radius 2 is 2.15 bits per heavy atom. The fraction of sp³-hybridized carbons (Fsp3) is 0.588. The zero-order valence-electron chi connectivity index (χ0n) is 15.3. The van der Waals surface area contributed by atoms with Gasteiger partial charge in [0.25, 0.3) is 0 Å². The molecule has 0 saturated carbocycles. The van der Waals surface area contributed by atoms with Gasteiger partial charge in [-0.2, -0.15) is 4.98 Å². The minimum Gasteiger partial charge on any atom is -0.468 e. The van der Waals surface area contributed by atoms with E-state index in [9.17, 15) is 0 Å². The molecule has 0 bridgehead atoms. The molecule has 144 valence electrons. The molecule has 9 heteroatoms. The SMILES string of the molecule is CCNC(=NCc1noc(C)n1)NCC(c1ccco1)N1CCCC1.I. The number of nitrogens with zero attached hydrogens (tertiary/aromatic N) is 4. The van der Waals surface area contributed by atoms with E-state index in [1.807, 2.05) is 19.1 Å². The third kappa shape index (κ3) is 5.70. The number of nitrogens with one attached hydrogen (secondary N) is 2. The van der Waals surface area contributed by atoms with E-state index in [0.717, 1.165) is 37.9 Å². The van der Waals surface area contributed by atoms with E-state index in [2.05, 4.69) is 30.7 Å². The van der Waals surface area contributed by atoms with Crippen molar-refractivity contribution in [3.8, 4) is 0 Å². The maximum absolute atomic E-state index is 5.66. The molecule has 3 rings (SSSR count). The smallest absolute Gasteiger partial charge is 0.223 e. The molecule has 0 radical (unpaired) electrons. The highest BCUT2D eigenvalue weighted by Crippen LogP contribution is 2.24. The predicted molar refractivity (Wildman–Crippen MR) is 110 cm³/mol. The molecule has 1 fully saturated rings. The van der Waals surface area contributed by atoms with Crippen LogP contribution >= 0.6 is 24.0 Å². The molecule has 1 unspecified atom stereocenters. The van der Waals surface area contributed by atoms with Crippen molar-refractivity contribution >= 4 is 29.9 Å². The Morgan fingerprint density at radius 3 is 2.77 bits per heavy atom. The minimum absolute atomic E-state index is 0. The largest absolute Gasteiger partial charge is 0.468 e. The number of likely N-dealkylation sites (tertiary alicyclic amines) is 1. The molecule has 26 heavy (non-hydrogen) atoms. The Kier molecular flexibility index (Phi) is 8.36. The van der Waals surface area contributed by atoms with E-state index in [0.29, 0.717) is 18.3 Å².